The van der Waals surface area contributed by atoms with Gasteiger partial charge in [0, 0.05) is 12.6 Å². The molecule has 0 atom stereocenters. The maximum Gasteiger partial charge on any atom is 0.402 e. The van der Waals surface area contributed by atoms with Gasteiger partial charge in [0.15, 0.2) is 0 Å². The molecule has 1 N–H and O–H groups in total. The fraction of sp³-hybridized carbons (Fsp3) is 0.353. The molecule has 1 aromatic heterocycles. The van der Waals surface area contributed by atoms with Crippen LogP contribution in [0.3, 0.4) is 0 Å². The monoisotopic (exact) mass is 420 g/mol. The number of benzene rings is 1. The van der Waals surface area contributed by atoms with Gasteiger partial charge in [0.2, 0.25) is 15.9 Å². The van der Waals surface area contributed by atoms with Crippen molar-refractivity contribution in [3.05, 3.63) is 42.4 Å². The number of rotatable bonds is 8. The van der Waals surface area contributed by atoms with Gasteiger partial charge in [0.1, 0.15) is 22.9 Å². The number of amides is 1. The van der Waals surface area contributed by atoms with Gasteiger partial charge in [-0.3, -0.25) is 4.79 Å². The van der Waals surface area contributed by atoms with Crippen molar-refractivity contribution in [2.75, 3.05) is 18.5 Å². The zero-order chi connectivity index (χ0) is 20.9. The van der Waals surface area contributed by atoms with E-state index in [0.29, 0.717) is 0 Å². The van der Waals surface area contributed by atoms with Gasteiger partial charge >= 0.3 is 6.18 Å². The summed E-state index contributed by atoms with van der Waals surface area (Å²) in [5.74, 6) is -0.540. The molecule has 2 aromatic rings. The van der Waals surface area contributed by atoms with E-state index in [2.05, 4.69) is 5.32 Å². The van der Waals surface area contributed by atoms with Crippen LogP contribution in [0, 0.1) is 0 Å². The van der Waals surface area contributed by atoms with E-state index >= 15 is 0 Å². The largest absolute Gasteiger partial charge is 0.492 e. The van der Waals surface area contributed by atoms with Crippen molar-refractivity contribution in [3.63, 3.8) is 0 Å². The van der Waals surface area contributed by atoms with Crippen LogP contribution in [0.1, 0.15) is 19.6 Å². The molecule has 0 aliphatic heterocycles. The van der Waals surface area contributed by atoms with Crippen molar-refractivity contribution in [2.45, 2.75) is 31.5 Å². The average molecular weight is 420 g/mol. The average Bonchev–Trinajstić information content (AvgIpc) is 3.07. The molecule has 1 amide bonds. The van der Waals surface area contributed by atoms with Crippen molar-refractivity contribution in [1.29, 1.82) is 0 Å². The van der Waals surface area contributed by atoms with Gasteiger partial charge in [-0.25, -0.2) is 8.42 Å². The first kappa shape index (κ1) is 21.8. The number of carbonyl (C=O) groups excluding carboxylic acids is 1. The van der Waals surface area contributed by atoms with Gasteiger partial charge in [0.25, 0.3) is 0 Å². The maximum atomic E-state index is 13.1. The third-order valence-corrected chi connectivity index (χ3v) is 5.26. The van der Waals surface area contributed by atoms with Crippen molar-refractivity contribution in [2.24, 2.45) is 0 Å². The summed E-state index contributed by atoms with van der Waals surface area (Å²) in [5.41, 5.74) is 0.111. The van der Waals surface area contributed by atoms with Crippen LogP contribution in [0.25, 0.3) is 0 Å². The summed E-state index contributed by atoms with van der Waals surface area (Å²) < 4.78 is 75.8. The Balaban J connectivity index is 2.53. The molecule has 1 heterocycles. The number of alkyl halides is 3. The molecule has 154 valence electrons. The minimum atomic E-state index is -4.78. The van der Waals surface area contributed by atoms with Crippen molar-refractivity contribution in [3.8, 4) is 5.75 Å². The molecule has 0 spiro atoms. The summed E-state index contributed by atoms with van der Waals surface area (Å²) >= 11 is 0. The van der Waals surface area contributed by atoms with Crippen molar-refractivity contribution in [1.82, 2.24) is 4.31 Å². The van der Waals surface area contributed by atoms with Crippen LogP contribution in [0.2, 0.25) is 0 Å². The first-order valence-electron chi connectivity index (χ1n) is 8.16. The Hall–Kier alpha value is -2.53. The van der Waals surface area contributed by atoms with E-state index in [9.17, 15) is 26.4 Å². The van der Waals surface area contributed by atoms with Gasteiger partial charge in [-0.05, 0) is 37.3 Å². The lowest BCUT2D eigenvalue weighted by atomic mass is 10.3. The lowest BCUT2D eigenvalue weighted by molar-refractivity contribution is -0.137. The zero-order valence-corrected chi connectivity index (χ0v) is 15.9. The summed E-state index contributed by atoms with van der Waals surface area (Å²) in [6.45, 7) is 0.585. The number of halogens is 3. The molecule has 0 saturated carbocycles. The normalized spacial score (nSPS) is 12.2. The van der Waals surface area contributed by atoms with Crippen LogP contribution in [0.5, 0.6) is 5.75 Å². The maximum absolute atomic E-state index is 13.1. The van der Waals surface area contributed by atoms with Crippen LogP contribution < -0.4 is 10.1 Å². The van der Waals surface area contributed by atoms with Gasteiger partial charge in [0.05, 0.1) is 19.4 Å². The standard InChI is InChI=1S/C17H19F3N2O5S/c1-3-26-15-7-6-13(21-12(2)23)9-16(15)28(24,25)22(11-17(18,19)20)10-14-5-4-8-27-14/h4-9H,3,10-11H2,1-2H3,(H,21,23). The molecule has 28 heavy (non-hydrogen) atoms. The van der Waals surface area contributed by atoms with Gasteiger partial charge in [-0.2, -0.15) is 17.5 Å². The Labute approximate surface area is 160 Å². The van der Waals surface area contributed by atoms with Crippen LogP contribution in [-0.4, -0.2) is 38.0 Å². The van der Waals surface area contributed by atoms with E-state index in [1.54, 1.807) is 6.92 Å². The Morgan fingerprint density at radius 3 is 2.54 bits per heavy atom. The van der Waals surface area contributed by atoms with Crippen LogP contribution >= 0.6 is 0 Å². The van der Waals surface area contributed by atoms with Crippen molar-refractivity contribution < 1.29 is 35.5 Å². The number of furan rings is 1. The predicted molar refractivity (Wildman–Crippen MR) is 94.3 cm³/mol. The highest BCUT2D eigenvalue weighted by Crippen LogP contribution is 2.32. The predicted octanol–water partition coefficient (Wildman–Crippen LogP) is 3.39. The lowest BCUT2D eigenvalue weighted by Gasteiger charge is -2.24. The topological polar surface area (TPSA) is 88.8 Å². The fourth-order valence-corrected chi connectivity index (χ4v) is 3.96. The molecule has 1 aromatic carbocycles. The first-order valence-corrected chi connectivity index (χ1v) is 9.60. The molecule has 0 bridgehead atoms. The Kier molecular flexibility index (Phi) is 6.73. The second-order valence-corrected chi connectivity index (χ2v) is 7.65. The summed E-state index contributed by atoms with van der Waals surface area (Å²) in [7, 11) is -4.64. The minimum Gasteiger partial charge on any atom is -0.492 e. The third kappa shape index (κ3) is 5.73. The number of hydrogen-bond acceptors (Lipinski definition) is 5. The molecular formula is C17H19F3N2O5S. The number of nitrogens with one attached hydrogen (secondary N) is 1. The summed E-state index contributed by atoms with van der Waals surface area (Å²) in [6, 6.07) is 6.55. The molecule has 0 saturated heterocycles. The van der Waals surface area contributed by atoms with E-state index in [4.69, 9.17) is 9.15 Å². The van der Waals surface area contributed by atoms with E-state index < -0.39 is 40.1 Å². The highest BCUT2D eigenvalue weighted by Gasteiger charge is 2.38. The summed E-state index contributed by atoms with van der Waals surface area (Å²) in [4.78, 5) is 10.8. The Bertz CT molecular complexity index is 911. The van der Waals surface area contributed by atoms with Crippen LogP contribution in [-0.2, 0) is 21.4 Å². The molecule has 0 fully saturated rings. The SMILES string of the molecule is CCOc1ccc(NC(C)=O)cc1S(=O)(=O)N(Cc1ccco1)CC(F)(F)F. The molecule has 7 nitrogen and oxygen atoms in total. The summed E-state index contributed by atoms with van der Waals surface area (Å²) in [6.07, 6.45) is -3.54. The smallest absolute Gasteiger partial charge is 0.402 e. The van der Waals surface area contributed by atoms with E-state index in [-0.39, 0.29) is 28.1 Å². The van der Waals surface area contributed by atoms with Crippen LogP contribution in [0.4, 0.5) is 18.9 Å². The van der Waals surface area contributed by atoms with E-state index in [0.717, 1.165) is 6.07 Å². The molecule has 0 aliphatic carbocycles. The number of ether oxygens (including phenoxy) is 1. The number of anilines is 1. The van der Waals surface area contributed by atoms with Crippen LogP contribution in [0.15, 0.2) is 45.9 Å². The highest BCUT2D eigenvalue weighted by atomic mass is 32.2. The highest BCUT2D eigenvalue weighted by molar-refractivity contribution is 7.89. The molecular weight excluding hydrogens is 401 g/mol. The second-order valence-electron chi connectivity index (χ2n) is 5.74. The van der Waals surface area contributed by atoms with E-state index in [1.165, 1.54) is 37.5 Å². The molecule has 11 heteroatoms. The molecule has 2 rings (SSSR count). The molecule has 0 aliphatic rings. The second kappa shape index (κ2) is 8.65. The number of hydrogen-bond donors (Lipinski definition) is 1. The molecule has 0 unspecified atom stereocenters. The Morgan fingerprint density at radius 2 is 2.00 bits per heavy atom. The lowest BCUT2D eigenvalue weighted by Crippen LogP contribution is -2.38. The van der Waals surface area contributed by atoms with Gasteiger partial charge in [-0.15, -0.1) is 0 Å². The minimum absolute atomic E-state index is 0.0452. The quantitative estimate of drug-likeness (QED) is 0.707. The first-order chi connectivity index (χ1) is 13.0. The fourth-order valence-electron chi connectivity index (χ4n) is 2.41. The summed E-state index contributed by atoms with van der Waals surface area (Å²) in [5, 5.41) is 2.40. The van der Waals surface area contributed by atoms with E-state index in [1.807, 2.05) is 0 Å². The number of sulfonamides is 1. The Morgan fingerprint density at radius 1 is 1.29 bits per heavy atom. The van der Waals surface area contributed by atoms with Crippen molar-refractivity contribution >= 4 is 21.6 Å². The zero-order valence-electron chi connectivity index (χ0n) is 15.1. The van der Waals surface area contributed by atoms with Gasteiger partial charge < -0.3 is 14.5 Å². The molecule has 0 radical (unpaired) electrons. The van der Waals surface area contributed by atoms with Gasteiger partial charge in [-0.1, -0.05) is 0 Å². The third-order valence-electron chi connectivity index (χ3n) is 3.45. The number of nitrogens with zero attached hydrogens (tertiary/aromatic N) is 1. The number of carbonyl (C=O) groups is 1.